The predicted molar refractivity (Wildman–Crippen MR) is 132 cm³/mol. The molecule has 1 amide bonds. The van der Waals surface area contributed by atoms with Gasteiger partial charge in [-0.2, -0.15) is 0 Å². The lowest BCUT2D eigenvalue weighted by molar-refractivity contribution is -0.114. The van der Waals surface area contributed by atoms with Crippen molar-refractivity contribution >= 4 is 27.3 Å². The fraction of sp³-hybridized carbons (Fsp3) is 0.269. The van der Waals surface area contributed by atoms with Gasteiger partial charge in [0.2, 0.25) is 5.91 Å². The molecule has 174 valence electrons. The van der Waals surface area contributed by atoms with Gasteiger partial charge in [0.1, 0.15) is 12.3 Å². The van der Waals surface area contributed by atoms with Crippen molar-refractivity contribution in [1.82, 2.24) is 0 Å². The molecule has 0 saturated carbocycles. The Hall–Kier alpha value is -3.32. The van der Waals surface area contributed by atoms with Gasteiger partial charge in [-0.05, 0) is 73.9 Å². The number of benzene rings is 3. The Balaban J connectivity index is 1.89. The Labute approximate surface area is 196 Å². The van der Waals surface area contributed by atoms with Crippen LogP contribution in [-0.4, -0.2) is 27.5 Å². The van der Waals surface area contributed by atoms with E-state index in [-0.39, 0.29) is 11.4 Å². The SMILES string of the molecule is CCOc1ccc(NC(=O)CN(c2ccc(C(C)C)cc2)S(=O)(=O)c2ccc(C)cc2)cc1. The molecule has 0 aliphatic heterocycles. The minimum absolute atomic E-state index is 0.134. The number of ether oxygens (including phenoxy) is 1. The van der Waals surface area contributed by atoms with Crippen molar-refractivity contribution in [3.63, 3.8) is 0 Å². The van der Waals surface area contributed by atoms with Crippen LogP contribution in [0, 0.1) is 6.92 Å². The molecule has 0 saturated heterocycles. The van der Waals surface area contributed by atoms with E-state index in [1.165, 1.54) is 0 Å². The molecule has 33 heavy (non-hydrogen) atoms. The van der Waals surface area contributed by atoms with Crippen LogP contribution in [0.1, 0.15) is 37.8 Å². The molecular weight excluding hydrogens is 436 g/mol. The molecule has 0 atom stereocenters. The van der Waals surface area contributed by atoms with E-state index in [0.29, 0.717) is 29.6 Å². The number of nitrogens with zero attached hydrogens (tertiary/aromatic N) is 1. The largest absolute Gasteiger partial charge is 0.494 e. The molecule has 6 nitrogen and oxygen atoms in total. The molecule has 3 rings (SSSR count). The molecule has 0 unspecified atom stereocenters. The molecule has 3 aromatic carbocycles. The van der Waals surface area contributed by atoms with Crippen molar-refractivity contribution < 1.29 is 17.9 Å². The normalized spacial score (nSPS) is 11.3. The fourth-order valence-corrected chi connectivity index (χ4v) is 4.73. The third-order valence-corrected chi connectivity index (χ3v) is 6.98. The zero-order valence-electron chi connectivity index (χ0n) is 19.4. The van der Waals surface area contributed by atoms with E-state index >= 15 is 0 Å². The molecule has 0 aliphatic carbocycles. The summed E-state index contributed by atoms with van der Waals surface area (Å²) in [7, 11) is -3.95. The lowest BCUT2D eigenvalue weighted by Crippen LogP contribution is -2.38. The maximum atomic E-state index is 13.5. The van der Waals surface area contributed by atoms with Gasteiger partial charge in [0.25, 0.3) is 10.0 Å². The molecule has 0 aromatic heterocycles. The van der Waals surface area contributed by atoms with E-state index in [1.54, 1.807) is 60.7 Å². The minimum atomic E-state index is -3.95. The average Bonchev–Trinajstić information content (AvgIpc) is 2.79. The van der Waals surface area contributed by atoms with Gasteiger partial charge in [-0.1, -0.05) is 43.7 Å². The summed E-state index contributed by atoms with van der Waals surface area (Å²) in [5, 5.41) is 2.77. The molecule has 1 N–H and O–H groups in total. The highest BCUT2D eigenvalue weighted by Crippen LogP contribution is 2.26. The maximum absolute atomic E-state index is 13.5. The molecule has 0 aliphatic rings. The van der Waals surface area contributed by atoms with Crippen LogP contribution in [0.4, 0.5) is 11.4 Å². The van der Waals surface area contributed by atoms with Crippen molar-refractivity contribution in [3.8, 4) is 5.75 Å². The van der Waals surface area contributed by atoms with E-state index in [4.69, 9.17) is 4.74 Å². The number of sulfonamides is 1. The molecule has 0 spiro atoms. The highest BCUT2D eigenvalue weighted by atomic mass is 32.2. The van der Waals surface area contributed by atoms with Gasteiger partial charge >= 0.3 is 0 Å². The number of anilines is 2. The Morgan fingerprint density at radius 1 is 0.939 bits per heavy atom. The summed E-state index contributed by atoms with van der Waals surface area (Å²) < 4.78 is 33.6. The van der Waals surface area contributed by atoms with Crippen molar-refractivity contribution in [2.75, 3.05) is 22.8 Å². The number of nitrogens with one attached hydrogen (secondary N) is 1. The number of rotatable bonds is 9. The Morgan fingerprint density at radius 2 is 1.55 bits per heavy atom. The topological polar surface area (TPSA) is 75.7 Å². The van der Waals surface area contributed by atoms with Crippen LogP contribution >= 0.6 is 0 Å². The molecule has 3 aromatic rings. The van der Waals surface area contributed by atoms with Crippen LogP contribution in [0.2, 0.25) is 0 Å². The number of hydrogen-bond donors (Lipinski definition) is 1. The van der Waals surface area contributed by atoms with E-state index in [2.05, 4.69) is 19.2 Å². The van der Waals surface area contributed by atoms with Gasteiger partial charge < -0.3 is 10.1 Å². The van der Waals surface area contributed by atoms with Crippen LogP contribution in [-0.2, 0) is 14.8 Å². The van der Waals surface area contributed by atoms with Crippen LogP contribution in [0.25, 0.3) is 0 Å². The Morgan fingerprint density at radius 3 is 2.09 bits per heavy atom. The smallest absolute Gasteiger partial charge is 0.264 e. The second kappa shape index (κ2) is 10.5. The molecule has 7 heteroatoms. The molecular formula is C26H30N2O4S. The van der Waals surface area contributed by atoms with E-state index in [0.717, 1.165) is 15.4 Å². The van der Waals surface area contributed by atoms with Crippen molar-refractivity contribution in [2.45, 2.75) is 38.5 Å². The van der Waals surface area contributed by atoms with Crippen molar-refractivity contribution in [2.24, 2.45) is 0 Å². The predicted octanol–water partition coefficient (Wildman–Crippen LogP) is 5.35. The summed E-state index contributed by atoms with van der Waals surface area (Å²) in [5.41, 5.74) is 3.04. The molecule has 0 fully saturated rings. The second-order valence-electron chi connectivity index (χ2n) is 8.08. The monoisotopic (exact) mass is 466 g/mol. The van der Waals surface area contributed by atoms with Gasteiger partial charge in [0.05, 0.1) is 17.2 Å². The minimum Gasteiger partial charge on any atom is -0.494 e. The average molecular weight is 467 g/mol. The van der Waals surface area contributed by atoms with E-state index in [1.807, 2.05) is 26.0 Å². The highest BCUT2D eigenvalue weighted by molar-refractivity contribution is 7.92. The van der Waals surface area contributed by atoms with E-state index in [9.17, 15) is 13.2 Å². The van der Waals surface area contributed by atoms with Gasteiger partial charge in [-0.3, -0.25) is 9.10 Å². The number of carbonyl (C=O) groups excluding carboxylic acids is 1. The maximum Gasteiger partial charge on any atom is 0.264 e. The zero-order chi connectivity index (χ0) is 24.0. The number of hydrogen-bond acceptors (Lipinski definition) is 4. The summed E-state index contributed by atoms with van der Waals surface area (Å²) in [6.45, 7) is 8.12. The van der Waals surface area contributed by atoms with Gasteiger partial charge in [-0.25, -0.2) is 8.42 Å². The molecule has 0 radical (unpaired) electrons. The zero-order valence-corrected chi connectivity index (χ0v) is 20.2. The summed E-state index contributed by atoms with van der Waals surface area (Å²) in [6, 6.07) is 20.8. The first-order chi connectivity index (χ1) is 15.7. The third-order valence-electron chi connectivity index (χ3n) is 5.19. The van der Waals surface area contributed by atoms with Gasteiger partial charge in [0.15, 0.2) is 0 Å². The van der Waals surface area contributed by atoms with E-state index < -0.39 is 15.9 Å². The summed E-state index contributed by atoms with van der Waals surface area (Å²) in [4.78, 5) is 13.0. The van der Waals surface area contributed by atoms with Crippen molar-refractivity contribution in [3.05, 3.63) is 83.9 Å². The van der Waals surface area contributed by atoms with Crippen LogP contribution < -0.4 is 14.4 Å². The standard InChI is InChI=1S/C26H30N2O4S/c1-5-32-24-14-10-22(11-15-24)27-26(29)18-28(23-12-8-21(9-13-23)19(2)3)33(30,31)25-16-6-20(4)7-17-25/h6-17,19H,5,18H2,1-4H3,(H,27,29). The summed E-state index contributed by atoms with van der Waals surface area (Å²) >= 11 is 0. The highest BCUT2D eigenvalue weighted by Gasteiger charge is 2.27. The molecule has 0 heterocycles. The van der Waals surface area contributed by atoms with Crippen LogP contribution in [0.3, 0.4) is 0 Å². The van der Waals surface area contributed by atoms with Crippen LogP contribution in [0.5, 0.6) is 5.75 Å². The first-order valence-electron chi connectivity index (χ1n) is 10.9. The van der Waals surface area contributed by atoms with Crippen molar-refractivity contribution in [1.29, 1.82) is 0 Å². The second-order valence-corrected chi connectivity index (χ2v) is 9.94. The number of amides is 1. The molecule has 0 bridgehead atoms. The van der Waals surface area contributed by atoms with Gasteiger partial charge in [-0.15, -0.1) is 0 Å². The Kier molecular flexibility index (Phi) is 7.76. The third kappa shape index (κ3) is 6.14. The quantitative estimate of drug-likeness (QED) is 0.461. The fourth-order valence-electron chi connectivity index (χ4n) is 3.31. The summed E-state index contributed by atoms with van der Waals surface area (Å²) in [5.74, 6) is 0.566. The number of aryl methyl sites for hydroxylation is 1. The van der Waals surface area contributed by atoms with Gasteiger partial charge in [0, 0.05) is 5.69 Å². The van der Waals surface area contributed by atoms with Crippen LogP contribution in [0.15, 0.2) is 77.7 Å². The lowest BCUT2D eigenvalue weighted by atomic mass is 10.0. The first-order valence-corrected chi connectivity index (χ1v) is 12.4. The Bertz CT molecular complexity index is 1170. The first kappa shape index (κ1) is 24.3. The number of carbonyl (C=O) groups is 1. The summed E-state index contributed by atoms with van der Waals surface area (Å²) in [6.07, 6.45) is 0. The lowest BCUT2D eigenvalue weighted by Gasteiger charge is -2.24.